The molecular formula is C22H24FIN2O3S. The first-order chi connectivity index (χ1) is 14.5. The number of piperidine rings is 1. The number of hydrogen-bond donors (Lipinski definition) is 1. The molecule has 0 radical (unpaired) electrons. The Hall–Kier alpha value is -1.94. The predicted octanol–water partition coefficient (Wildman–Crippen LogP) is 5.01. The molecule has 0 atom stereocenters. The molecule has 0 saturated carbocycles. The SMILES string of the molecule is CCOc1cc(C(=S)N2CCCCC2)cc(I)c1OCC(=O)Nc1ccc(F)cc1. The van der Waals surface area contributed by atoms with Crippen molar-refractivity contribution in [1.29, 1.82) is 0 Å². The Morgan fingerprint density at radius 3 is 2.53 bits per heavy atom. The molecule has 3 rings (SSSR count). The Kier molecular flexibility index (Phi) is 8.26. The number of nitrogens with one attached hydrogen (secondary N) is 1. The van der Waals surface area contributed by atoms with Gasteiger partial charge < -0.3 is 19.7 Å². The predicted molar refractivity (Wildman–Crippen MR) is 128 cm³/mol. The number of thiocarbonyl (C=S) groups is 1. The number of carbonyl (C=O) groups is 1. The number of nitrogens with zero attached hydrogens (tertiary/aromatic N) is 1. The van der Waals surface area contributed by atoms with Crippen molar-refractivity contribution in [3.63, 3.8) is 0 Å². The van der Waals surface area contributed by atoms with E-state index >= 15 is 0 Å². The summed E-state index contributed by atoms with van der Waals surface area (Å²) in [5.41, 5.74) is 1.43. The van der Waals surface area contributed by atoms with Gasteiger partial charge >= 0.3 is 0 Å². The molecule has 160 valence electrons. The molecule has 0 aliphatic carbocycles. The highest BCUT2D eigenvalue weighted by molar-refractivity contribution is 14.1. The van der Waals surface area contributed by atoms with Gasteiger partial charge in [0.05, 0.1) is 10.2 Å². The lowest BCUT2D eigenvalue weighted by Crippen LogP contribution is -2.35. The van der Waals surface area contributed by atoms with Gasteiger partial charge in [-0.15, -0.1) is 0 Å². The average Bonchev–Trinajstić information content (AvgIpc) is 2.75. The smallest absolute Gasteiger partial charge is 0.262 e. The van der Waals surface area contributed by atoms with Gasteiger partial charge in [0, 0.05) is 24.3 Å². The van der Waals surface area contributed by atoms with Crippen LogP contribution in [0.5, 0.6) is 11.5 Å². The molecule has 0 unspecified atom stereocenters. The number of likely N-dealkylation sites (tertiary alicyclic amines) is 1. The van der Waals surface area contributed by atoms with Crippen LogP contribution in [0.1, 0.15) is 31.7 Å². The van der Waals surface area contributed by atoms with E-state index in [0.29, 0.717) is 23.8 Å². The Labute approximate surface area is 195 Å². The van der Waals surface area contributed by atoms with Gasteiger partial charge in [0.15, 0.2) is 18.1 Å². The summed E-state index contributed by atoms with van der Waals surface area (Å²) in [6, 6.07) is 9.42. The van der Waals surface area contributed by atoms with Crippen LogP contribution in [0.25, 0.3) is 0 Å². The van der Waals surface area contributed by atoms with Crippen LogP contribution in [-0.4, -0.2) is 42.1 Å². The van der Waals surface area contributed by atoms with Crippen molar-refractivity contribution in [3.05, 3.63) is 51.3 Å². The van der Waals surface area contributed by atoms with E-state index in [4.69, 9.17) is 21.7 Å². The fourth-order valence-electron chi connectivity index (χ4n) is 3.24. The van der Waals surface area contributed by atoms with Gasteiger partial charge in [-0.25, -0.2) is 4.39 Å². The second-order valence-electron chi connectivity index (χ2n) is 6.91. The molecule has 1 aliphatic heterocycles. The van der Waals surface area contributed by atoms with Gasteiger partial charge in [0.1, 0.15) is 10.8 Å². The molecule has 1 fully saturated rings. The maximum atomic E-state index is 13.0. The van der Waals surface area contributed by atoms with Gasteiger partial charge in [-0.2, -0.15) is 0 Å². The van der Waals surface area contributed by atoms with Gasteiger partial charge in [0.2, 0.25) is 0 Å². The molecule has 1 amide bonds. The van der Waals surface area contributed by atoms with Crippen LogP contribution < -0.4 is 14.8 Å². The highest BCUT2D eigenvalue weighted by atomic mass is 127. The van der Waals surface area contributed by atoms with Gasteiger partial charge in [0.25, 0.3) is 5.91 Å². The normalized spacial score (nSPS) is 13.6. The number of anilines is 1. The Morgan fingerprint density at radius 1 is 1.17 bits per heavy atom. The quantitative estimate of drug-likeness (QED) is 0.394. The van der Waals surface area contributed by atoms with Crippen molar-refractivity contribution in [2.45, 2.75) is 26.2 Å². The third-order valence-electron chi connectivity index (χ3n) is 4.68. The van der Waals surface area contributed by atoms with Crippen molar-refractivity contribution in [1.82, 2.24) is 4.90 Å². The number of ether oxygens (including phenoxy) is 2. The number of rotatable bonds is 7. The van der Waals surface area contributed by atoms with Crippen molar-refractivity contribution in [2.75, 3.05) is 31.6 Å². The van der Waals surface area contributed by atoms with Gasteiger partial charge in [-0.3, -0.25) is 4.79 Å². The molecule has 30 heavy (non-hydrogen) atoms. The van der Waals surface area contributed by atoms with E-state index in [2.05, 4.69) is 32.8 Å². The van der Waals surface area contributed by atoms with Crippen LogP contribution in [0, 0.1) is 9.39 Å². The average molecular weight is 542 g/mol. The van der Waals surface area contributed by atoms with E-state index in [0.717, 1.165) is 40.1 Å². The molecule has 2 aromatic rings. The largest absolute Gasteiger partial charge is 0.490 e. The highest BCUT2D eigenvalue weighted by Crippen LogP contribution is 2.35. The highest BCUT2D eigenvalue weighted by Gasteiger charge is 2.20. The zero-order valence-corrected chi connectivity index (χ0v) is 19.7. The lowest BCUT2D eigenvalue weighted by molar-refractivity contribution is -0.118. The molecule has 8 heteroatoms. The standard InChI is InChI=1S/C22H24FIN2O3S/c1-2-28-19-13-15(22(30)26-10-4-3-5-11-26)12-18(24)21(19)29-14-20(27)25-17-8-6-16(23)7-9-17/h6-9,12-13H,2-5,10-11,14H2,1H3,(H,25,27). The zero-order chi connectivity index (χ0) is 21.5. The number of carbonyl (C=O) groups excluding carboxylic acids is 1. The fourth-order valence-corrected chi connectivity index (χ4v) is 4.30. The van der Waals surface area contributed by atoms with E-state index in [1.54, 1.807) is 0 Å². The summed E-state index contributed by atoms with van der Waals surface area (Å²) >= 11 is 7.88. The third-order valence-corrected chi connectivity index (χ3v) is 5.97. The number of amides is 1. The summed E-state index contributed by atoms with van der Waals surface area (Å²) in [4.78, 5) is 15.3. The van der Waals surface area contributed by atoms with Crippen molar-refractivity contribution < 1.29 is 18.7 Å². The molecule has 1 N–H and O–H groups in total. The van der Waals surface area contributed by atoms with E-state index in [-0.39, 0.29) is 18.3 Å². The van der Waals surface area contributed by atoms with E-state index in [1.807, 2.05) is 19.1 Å². The van der Waals surface area contributed by atoms with Gasteiger partial charge in [-0.1, -0.05) is 12.2 Å². The van der Waals surface area contributed by atoms with E-state index < -0.39 is 0 Å². The molecule has 2 aromatic carbocycles. The van der Waals surface area contributed by atoms with Crippen molar-refractivity contribution >= 4 is 51.4 Å². The topological polar surface area (TPSA) is 50.8 Å². The van der Waals surface area contributed by atoms with E-state index in [9.17, 15) is 9.18 Å². The maximum absolute atomic E-state index is 13.0. The maximum Gasteiger partial charge on any atom is 0.262 e. The second kappa shape index (κ2) is 10.9. The molecule has 0 bridgehead atoms. The van der Waals surface area contributed by atoms with Crippen molar-refractivity contribution in [3.8, 4) is 11.5 Å². The fraction of sp³-hybridized carbons (Fsp3) is 0.364. The Balaban J connectivity index is 1.71. The Bertz CT molecular complexity index is 902. The Morgan fingerprint density at radius 2 is 1.87 bits per heavy atom. The monoisotopic (exact) mass is 542 g/mol. The minimum absolute atomic E-state index is 0.191. The number of hydrogen-bond acceptors (Lipinski definition) is 4. The summed E-state index contributed by atoms with van der Waals surface area (Å²) in [6.07, 6.45) is 3.55. The summed E-state index contributed by atoms with van der Waals surface area (Å²) in [5.74, 6) is 0.376. The first kappa shape index (κ1) is 22.7. The second-order valence-corrected chi connectivity index (χ2v) is 8.46. The summed E-state index contributed by atoms with van der Waals surface area (Å²) < 4.78 is 25.4. The van der Waals surface area contributed by atoms with Crippen LogP contribution in [0.4, 0.5) is 10.1 Å². The van der Waals surface area contributed by atoms with Crippen LogP contribution in [-0.2, 0) is 4.79 Å². The van der Waals surface area contributed by atoms with Crippen LogP contribution in [0.3, 0.4) is 0 Å². The molecule has 0 aromatic heterocycles. The first-order valence-corrected chi connectivity index (χ1v) is 11.4. The first-order valence-electron chi connectivity index (χ1n) is 9.91. The molecule has 0 spiro atoms. The molecule has 1 aliphatic rings. The summed E-state index contributed by atoms with van der Waals surface area (Å²) in [5, 5.41) is 2.68. The van der Waals surface area contributed by atoms with Gasteiger partial charge in [-0.05, 0) is 85.2 Å². The minimum atomic E-state index is -0.359. The summed E-state index contributed by atoms with van der Waals surface area (Å²) in [7, 11) is 0. The van der Waals surface area contributed by atoms with E-state index in [1.165, 1.54) is 30.7 Å². The van der Waals surface area contributed by atoms with Crippen LogP contribution in [0.2, 0.25) is 0 Å². The summed E-state index contributed by atoms with van der Waals surface area (Å²) in [6.45, 7) is 4.12. The third kappa shape index (κ3) is 6.04. The molecule has 1 heterocycles. The zero-order valence-electron chi connectivity index (χ0n) is 16.7. The molecule has 5 nitrogen and oxygen atoms in total. The van der Waals surface area contributed by atoms with Crippen LogP contribution in [0.15, 0.2) is 36.4 Å². The molecular weight excluding hydrogens is 518 g/mol. The number of benzene rings is 2. The van der Waals surface area contributed by atoms with Crippen LogP contribution >= 0.6 is 34.8 Å². The number of halogens is 2. The van der Waals surface area contributed by atoms with Crippen molar-refractivity contribution in [2.24, 2.45) is 0 Å². The lowest BCUT2D eigenvalue weighted by Gasteiger charge is -2.29. The lowest BCUT2D eigenvalue weighted by atomic mass is 10.1. The minimum Gasteiger partial charge on any atom is -0.490 e. The molecule has 1 saturated heterocycles.